The molecular formula is C17H27NO2. The fourth-order valence-electron chi connectivity index (χ4n) is 2.27. The zero-order valence-corrected chi connectivity index (χ0v) is 12.9. The second-order valence-corrected chi connectivity index (χ2v) is 5.68. The lowest BCUT2D eigenvalue weighted by atomic mass is 10.0. The van der Waals surface area contributed by atoms with Gasteiger partial charge in [-0.3, -0.25) is 0 Å². The highest BCUT2D eigenvalue weighted by Crippen LogP contribution is 2.29. The van der Waals surface area contributed by atoms with Crippen LogP contribution in [-0.4, -0.2) is 25.9 Å². The van der Waals surface area contributed by atoms with Crippen molar-refractivity contribution >= 4 is 0 Å². The number of benzene rings is 1. The van der Waals surface area contributed by atoms with Crippen LogP contribution in [0.15, 0.2) is 24.3 Å². The summed E-state index contributed by atoms with van der Waals surface area (Å²) in [4.78, 5) is 0. The van der Waals surface area contributed by atoms with E-state index in [2.05, 4.69) is 43.4 Å². The highest BCUT2D eigenvalue weighted by Gasteiger charge is 2.24. The summed E-state index contributed by atoms with van der Waals surface area (Å²) in [6.07, 6.45) is 5.20. The molecule has 2 unspecified atom stereocenters. The van der Waals surface area contributed by atoms with Crippen LogP contribution in [0.2, 0.25) is 0 Å². The monoisotopic (exact) mass is 277 g/mol. The van der Waals surface area contributed by atoms with Gasteiger partial charge in [-0.05, 0) is 56.8 Å². The van der Waals surface area contributed by atoms with Crippen LogP contribution >= 0.6 is 0 Å². The smallest absolute Gasteiger partial charge is 0.120 e. The largest absolute Gasteiger partial charge is 0.490 e. The predicted molar refractivity (Wildman–Crippen MR) is 82.2 cm³/mol. The molecule has 1 aliphatic rings. The van der Waals surface area contributed by atoms with E-state index in [1.807, 2.05) is 0 Å². The number of rotatable bonds is 9. The zero-order chi connectivity index (χ0) is 14.4. The molecule has 3 nitrogen and oxygen atoms in total. The standard InChI is InChI=1S/C17H27NO2/c1-4-10-18-17(11-13(2)19-3)14-6-5-7-16(12-14)20-15-8-9-15/h5-7,12-13,15,17-18H,4,8-11H2,1-3H3. The Hall–Kier alpha value is -1.06. The van der Waals surface area contributed by atoms with E-state index < -0.39 is 0 Å². The molecule has 112 valence electrons. The summed E-state index contributed by atoms with van der Waals surface area (Å²) in [7, 11) is 1.77. The zero-order valence-electron chi connectivity index (χ0n) is 12.9. The molecule has 0 bridgehead atoms. The van der Waals surface area contributed by atoms with Crippen LogP contribution in [0.3, 0.4) is 0 Å². The lowest BCUT2D eigenvalue weighted by Crippen LogP contribution is -2.26. The second-order valence-electron chi connectivity index (χ2n) is 5.68. The van der Waals surface area contributed by atoms with Gasteiger partial charge in [-0.15, -0.1) is 0 Å². The normalized spacial score (nSPS) is 17.8. The third kappa shape index (κ3) is 4.80. The van der Waals surface area contributed by atoms with Crippen molar-refractivity contribution in [3.05, 3.63) is 29.8 Å². The van der Waals surface area contributed by atoms with E-state index in [9.17, 15) is 0 Å². The number of ether oxygens (including phenoxy) is 2. The lowest BCUT2D eigenvalue weighted by molar-refractivity contribution is 0.100. The van der Waals surface area contributed by atoms with Crippen LogP contribution in [-0.2, 0) is 4.74 Å². The maximum atomic E-state index is 5.89. The molecule has 1 aromatic rings. The first-order chi connectivity index (χ1) is 9.72. The lowest BCUT2D eigenvalue weighted by Gasteiger charge is -2.22. The molecule has 0 aliphatic heterocycles. The summed E-state index contributed by atoms with van der Waals surface area (Å²) in [5.41, 5.74) is 1.29. The van der Waals surface area contributed by atoms with Gasteiger partial charge >= 0.3 is 0 Å². The molecule has 20 heavy (non-hydrogen) atoms. The molecule has 3 heteroatoms. The Balaban J connectivity index is 2.04. The molecule has 0 spiro atoms. The average Bonchev–Trinajstić information content (AvgIpc) is 3.27. The summed E-state index contributed by atoms with van der Waals surface area (Å²) in [6, 6.07) is 8.82. The Bertz CT molecular complexity index is 404. The molecule has 0 saturated heterocycles. The number of hydrogen-bond acceptors (Lipinski definition) is 3. The van der Waals surface area contributed by atoms with Gasteiger partial charge in [0, 0.05) is 13.2 Å². The Morgan fingerprint density at radius 1 is 1.35 bits per heavy atom. The van der Waals surface area contributed by atoms with Gasteiger partial charge in [0.1, 0.15) is 5.75 Å². The van der Waals surface area contributed by atoms with Crippen molar-refractivity contribution in [1.29, 1.82) is 0 Å². The summed E-state index contributed by atoms with van der Waals surface area (Å²) in [6.45, 7) is 5.33. The minimum Gasteiger partial charge on any atom is -0.490 e. The third-order valence-corrected chi connectivity index (χ3v) is 3.70. The van der Waals surface area contributed by atoms with Crippen molar-refractivity contribution in [2.75, 3.05) is 13.7 Å². The van der Waals surface area contributed by atoms with E-state index in [4.69, 9.17) is 9.47 Å². The Morgan fingerprint density at radius 3 is 2.80 bits per heavy atom. The average molecular weight is 277 g/mol. The highest BCUT2D eigenvalue weighted by atomic mass is 16.5. The molecule has 1 aliphatic carbocycles. The van der Waals surface area contributed by atoms with Crippen molar-refractivity contribution in [3.8, 4) is 5.75 Å². The third-order valence-electron chi connectivity index (χ3n) is 3.70. The molecule has 1 fully saturated rings. The minimum atomic E-state index is 0.248. The molecule has 0 aromatic heterocycles. The van der Waals surface area contributed by atoms with Crippen molar-refractivity contribution in [2.24, 2.45) is 0 Å². The van der Waals surface area contributed by atoms with Crippen LogP contribution in [0.1, 0.15) is 51.1 Å². The molecule has 1 aromatic carbocycles. The van der Waals surface area contributed by atoms with E-state index in [1.54, 1.807) is 7.11 Å². The Kier molecular flexibility index (Phi) is 5.86. The summed E-state index contributed by atoms with van der Waals surface area (Å²) < 4.78 is 11.3. The number of hydrogen-bond donors (Lipinski definition) is 1. The van der Waals surface area contributed by atoms with Gasteiger partial charge in [0.25, 0.3) is 0 Å². The fraction of sp³-hybridized carbons (Fsp3) is 0.647. The van der Waals surface area contributed by atoms with E-state index in [1.165, 1.54) is 18.4 Å². The molecule has 0 heterocycles. The van der Waals surface area contributed by atoms with Crippen LogP contribution in [0.4, 0.5) is 0 Å². The van der Waals surface area contributed by atoms with Crippen LogP contribution in [0.25, 0.3) is 0 Å². The van der Waals surface area contributed by atoms with Crippen molar-refractivity contribution < 1.29 is 9.47 Å². The summed E-state index contributed by atoms with van der Waals surface area (Å²) in [5, 5.41) is 3.61. The molecule has 2 atom stereocenters. The van der Waals surface area contributed by atoms with Gasteiger partial charge in [-0.1, -0.05) is 19.1 Å². The maximum Gasteiger partial charge on any atom is 0.120 e. The molecular weight excluding hydrogens is 250 g/mol. The Morgan fingerprint density at radius 2 is 2.15 bits per heavy atom. The van der Waals surface area contributed by atoms with E-state index in [0.717, 1.165) is 25.1 Å². The first kappa shape index (κ1) is 15.3. The van der Waals surface area contributed by atoms with Gasteiger partial charge in [0.2, 0.25) is 0 Å². The molecule has 1 N–H and O–H groups in total. The molecule has 0 radical (unpaired) electrons. The maximum absolute atomic E-state index is 5.89. The quantitative estimate of drug-likeness (QED) is 0.746. The first-order valence-electron chi connectivity index (χ1n) is 7.75. The molecule has 0 amide bonds. The number of nitrogens with one attached hydrogen (secondary N) is 1. The van der Waals surface area contributed by atoms with Gasteiger partial charge < -0.3 is 14.8 Å². The SMILES string of the molecule is CCCNC(CC(C)OC)c1cccc(OC2CC2)c1. The van der Waals surface area contributed by atoms with Gasteiger partial charge in [-0.2, -0.15) is 0 Å². The topological polar surface area (TPSA) is 30.5 Å². The van der Waals surface area contributed by atoms with Gasteiger partial charge in [0.15, 0.2) is 0 Å². The van der Waals surface area contributed by atoms with Crippen molar-refractivity contribution in [3.63, 3.8) is 0 Å². The second kappa shape index (κ2) is 7.65. The highest BCUT2D eigenvalue weighted by molar-refractivity contribution is 5.31. The first-order valence-corrected chi connectivity index (χ1v) is 7.75. The van der Waals surface area contributed by atoms with Crippen LogP contribution < -0.4 is 10.1 Å². The van der Waals surface area contributed by atoms with Crippen molar-refractivity contribution in [2.45, 2.75) is 57.8 Å². The predicted octanol–water partition coefficient (Wildman–Crippen LogP) is 3.69. The van der Waals surface area contributed by atoms with Crippen molar-refractivity contribution in [1.82, 2.24) is 5.32 Å². The Labute approximate surface area is 122 Å². The summed E-state index contributed by atoms with van der Waals surface area (Å²) in [5.74, 6) is 0.998. The van der Waals surface area contributed by atoms with Crippen LogP contribution in [0.5, 0.6) is 5.75 Å². The van der Waals surface area contributed by atoms with E-state index in [0.29, 0.717) is 12.1 Å². The van der Waals surface area contributed by atoms with Gasteiger partial charge in [0.05, 0.1) is 12.2 Å². The summed E-state index contributed by atoms with van der Waals surface area (Å²) >= 11 is 0. The van der Waals surface area contributed by atoms with E-state index in [-0.39, 0.29) is 6.10 Å². The van der Waals surface area contributed by atoms with E-state index >= 15 is 0 Å². The van der Waals surface area contributed by atoms with Crippen LogP contribution in [0, 0.1) is 0 Å². The molecule has 1 saturated carbocycles. The van der Waals surface area contributed by atoms with Gasteiger partial charge in [-0.25, -0.2) is 0 Å². The fourth-order valence-corrected chi connectivity index (χ4v) is 2.27. The number of methoxy groups -OCH3 is 1. The minimum absolute atomic E-state index is 0.248. The molecule has 2 rings (SSSR count).